The highest BCUT2D eigenvalue weighted by Crippen LogP contribution is 2.44. The molecule has 7 nitrogen and oxygen atoms in total. The summed E-state index contributed by atoms with van der Waals surface area (Å²) in [6, 6.07) is 14.1. The van der Waals surface area contributed by atoms with Crippen molar-refractivity contribution in [3.05, 3.63) is 59.7 Å². The molecule has 10 heteroatoms. The predicted octanol–water partition coefficient (Wildman–Crippen LogP) is 4.07. The van der Waals surface area contributed by atoms with Crippen LogP contribution in [-0.4, -0.2) is 48.4 Å². The lowest BCUT2D eigenvalue weighted by atomic mass is 9.98. The van der Waals surface area contributed by atoms with Crippen LogP contribution in [0.25, 0.3) is 11.1 Å². The number of fused-ring (bicyclic) bond motifs is 3. The molecule has 2 aromatic rings. The lowest BCUT2D eigenvalue weighted by molar-refractivity contribution is -0.168. The Balaban J connectivity index is 1.63. The zero-order valence-electron chi connectivity index (χ0n) is 18.4. The van der Waals surface area contributed by atoms with E-state index in [-0.39, 0.29) is 18.9 Å². The highest BCUT2D eigenvalue weighted by atomic mass is 19.4. The third-order valence-corrected chi connectivity index (χ3v) is 5.74. The van der Waals surface area contributed by atoms with Crippen molar-refractivity contribution in [1.82, 2.24) is 10.6 Å². The van der Waals surface area contributed by atoms with Crippen LogP contribution in [0, 0.1) is 5.92 Å². The number of benzene rings is 2. The van der Waals surface area contributed by atoms with E-state index in [1.807, 2.05) is 48.5 Å². The first-order valence-corrected chi connectivity index (χ1v) is 10.8. The summed E-state index contributed by atoms with van der Waals surface area (Å²) in [5.74, 6) is -4.15. The first kappa shape index (κ1) is 25.1. The fraction of sp³-hybridized carbons (Fsp3) is 0.375. The highest BCUT2D eigenvalue weighted by Gasteiger charge is 2.36. The average molecular weight is 478 g/mol. The average Bonchev–Trinajstić information content (AvgIpc) is 3.11. The van der Waals surface area contributed by atoms with E-state index in [1.165, 1.54) is 0 Å². The molecule has 2 unspecified atom stereocenters. The molecule has 34 heavy (non-hydrogen) atoms. The zero-order chi connectivity index (χ0) is 24.9. The van der Waals surface area contributed by atoms with Crippen LogP contribution in [0.3, 0.4) is 0 Å². The number of alkyl halides is 3. The number of carboxylic acid groups (broad SMARTS) is 1. The topological polar surface area (TPSA) is 105 Å². The molecule has 0 fully saturated rings. The first-order chi connectivity index (χ1) is 16.1. The summed E-state index contributed by atoms with van der Waals surface area (Å²) >= 11 is 0. The number of carbonyl (C=O) groups is 3. The number of alkyl carbamates (subject to hydrolysis) is 1. The van der Waals surface area contributed by atoms with Crippen LogP contribution in [0.5, 0.6) is 0 Å². The summed E-state index contributed by atoms with van der Waals surface area (Å²) in [4.78, 5) is 35.7. The van der Waals surface area contributed by atoms with E-state index in [2.05, 4.69) is 10.6 Å². The number of halogens is 3. The second kappa shape index (κ2) is 10.6. The Morgan fingerprint density at radius 3 is 2.12 bits per heavy atom. The van der Waals surface area contributed by atoms with E-state index in [0.717, 1.165) is 29.2 Å². The Kier molecular flexibility index (Phi) is 7.80. The maximum atomic E-state index is 12.7. The third-order valence-electron chi connectivity index (χ3n) is 5.74. The number of carbonyl (C=O) groups excluding carboxylic acids is 2. The molecule has 3 N–H and O–H groups in total. The molecule has 0 bridgehead atoms. The lowest BCUT2D eigenvalue weighted by Gasteiger charge is -2.21. The summed E-state index contributed by atoms with van der Waals surface area (Å²) in [7, 11) is 0. The molecule has 1 aliphatic rings. The summed E-state index contributed by atoms with van der Waals surface area (Å²) in [6.45, 7) is 0.183. The molecule has 0 saturated carbocycles. The predicted molar refractivity (Wildman–Crippen MR) is 117 cm³/mol. The molecular weight excluding hydrogens is 453 g/mol. The van der Waals surface area contributed by atoms with E-state index in [4.69, 9.17) is 9.84 Å². The minimum atomic E-state index is -4.50. The summed E-state index contributed by atoms with van der Waals surface area (Å²) in [6.07, 6.45) is -6.22. The van der Waals surface area contributed by atoms with Gasteiger partial charge in [-0.3, -0.25) is 9.59 Å². The molecule has 182 valence electrons. The van der Waals surface area contributed by atoms with Gasteiger partial charge in [0.05, 0.1) is 5.92 Å². The number of hydrogen-bond acceptors (Lipinski definition) is 4. The molecule has 0 aromatic heterocycles. The van der Waals surface area contributed by atoms with Crippen molar-refractivity contribution in [2.75, 3.05) is 13.2 Å². The second-order valence-corrected chi connectivity index (χ2v) is 8.14. The van der Waals surface area contributed by atoms with Gasteiger partial charge in [-0.15, -0.1) is 0 Å². The highest BCUT2D eigenvalue weighted by molar-refractivity contribution is 5.86. The van der Waals surface area contributed by atoms with Crippen LogP contribution in [0.4, 0.5) is 18.0 Å². The standard InChI is InChI=1S/C24H25F3N2O5/c1-14(24(25,26)27)12-28-22(32)20(10-11-21(30)31)29-23(33)34-13-19-17-8-4-2-6-15(17)16-7-3-5-9-18(16)19/h2-9,14,19-20H,10-13H2,1H3,(H,28,32)(H,29,33)(H,30,31). The number of rotatable bonds is 9. The van der Waals surface area contributed by atoms with Gasteiger partial charge in [0.1, 0.15) is 12.6 Å². The zero-order valence-corrected chi connectivity index (χ0v) is 18.4. The molecule has 0 aliphatic heterocycles. The largest absolute Gasteiger partial charge is 0.481 e. The molecule has 2 aromatic carbocycles. The molecule has 3 rings (SSSR count). The number of nitrogens with one attached hydrogen (secondary N) is 2. The lowest BCUT2D eigenvalue weighted by Crippen LogP contribution is -2.49. The maximum Gasteiger partial charge on any atom is 0.407 e. The monoisotopic (exact) mass is 478 g/mol. The normalized spacial score (nSPS) is 14.5. The van der Waals surface area contributed by atoms with Gasteiger partial charge in [-0.1, -0.05) is 55.5 Å². The molecule has 1 aliphatic carbocycles. The minimum absolute atomic E-state index is 0.0295. The number of hydrogen-bond donors (Lipinski definition) is 3. The van der Waals surface area contributed by atoms with Gasteiger partial charge < -0.3 is 20.5 Å². The Morgan fingerprint density at radius 2 is 1.59 bits per heavy atom. The van der Waals surface area contributed by atoms with Crippen molar-refractivity contribution in [2.45, 2.75) is 37.9 Å². The Hall–Kier alpha value is -3.56. The van der Waals surface area contributed by atoms with Crippen molar-refractivity contribution in [1.29, 1.82) is 0 Å². The molecule has 0 radical (unpaired) electrons. The third kappa shape index (κ3) is 6.06. The molecule has 0 saturated heterocycles. The molecule has 2 amide bonds. The van der Waals surface area contributed by atoms with Gasteiger partial charge in [0.2, 0.25) is 5.91 Å². The fourth-order valence-electron chi connectivity index (χ4n) is 3.81. The van der Waals surface area contributed by atoms with Crippen LogP contribution >= 0.6 is 0 Å². The van der Waals surface area contributed by atoms with Gasteiger partial charge in [0.15, 0.2) is 0 Å². The van der Waals surface area contributed by atoms with E-state index < -0.39 is 49.1 Å². The van der Waals surface area contributed by atoms with Crippen LogP contribution in [0.15, 0.2) is 48.5 Å². The van der Waals surface area contributed by atoms with Gasteiger partial charge in [0.25, 0.3) is 0 Å². The van der Waals surface area contributed by atoms with Crippen LogP contribution in [0.2, 0.25) is 0 Å². The van der Waals surface area contributed by atoms with E-state index in [9.17, 15) is 27.6 Å². The van der Waals surface area contributed by atoms with Gasteiger partial charge >= 0.3 is 18.2 Å². The van der Waals surface area contributed by atoms with E-state index >= 15 is 0 Å². The Labute approximate surface area is 194 Å². The number of ether oxygens (including phenoxy) is 1. The summed E-state index contributed by atoms with van der Waals surface area (Å²) < 4.78 is 43.5. The van der Waals surface area contributed by atoms with Crippen molar-refractivity contribution < 1.29 is 37.4 Å². The van der Waals surface area contributed by atoms with Crippen molar-refractivity contribution in [3.8, 4) is 11.1 Å². The summed E-state index contributed by atoms with van der Waals surface area (Å²) in [5, 5.41) is 13.3. The maximum absolute atomic E-state index is 12.7. The SMILES string of the molecule is CC(CNC(=O)C(CCC(=O)O)NC(=O)OCC1c2ccccc2-c2ccccc21)C(F)(F)F. The summed E-state index contributed by atoms with van der Waals surface area (Å²) in [5.41, 5.74) is 4.03. The minimum Gasteiger partial charge on any atom is -0.481 e. The fourth-order valence-corrected chi connectivity index (χ4v) is 3.81. The van der Waals surface area contributed by atoms with Crippen LogP contribution in [-0.2, 0) is 14.3 Å². The molecule has 0 heterocycles. The van der Waals surface area contributed by atoms with Gasteiger partial charge in [-0.2, -0.15) is 13.2 Å². The van der Waals surface area contributed by atoms with Gasteiger partial charge in [-0.05, 0) is 28.7 Å². The van der Waals surface area contributed by atoms with Crippen molar-refractivity contribution >= 4 is 18.0 Å². The Morgan fingerprint density at radius 1 is 1.03 bits per heavy atom. The van der Waals surface area contributed by atoms with Crippen molar-refractivity contribution in [2.24, 2.45) is 5.92 Å². The van der Waals surface area contributed by atoms with Crippen LogP contribution < -0.4 is 10.6 Å². The Bertz CT molecular complexity index is 1010. The van der Waals surface area contributed by atoms with E-state index in [1.54, 1.807) is 0 Å². The first-order valence-electron chi connectivity index (χ1n) is 10.8. The number of carboxylic acids is 1. The van der Waals surface area contributed by atoms with Gasteiger partial charge in [-0.25, -0.2) is 4.79 Å². The second-order valence-electron chi connectivity index (χ2n) is 8.14. The molecule has 0 spiro atoms. The van der Waals surface area contributed by atoms with Crippen molar-refractivity contribution in [3.63, 3.8) is 0 Å². The van der Waals surface area contributed by atoms with E-state index in [0.29, 0.717) is 0 Å². The molecule has 2 atom stereocenters. The number of aliphatic carboxylic acids is 1. The smallest absolute Gasteiger partial charge is 0.407 e. The number of amides is 2. The van der Waals surface area contributed by atoms with Crippen LogP contribution in [0.1, 0.15) is 36.8 Å². The quantitative estimate of drug-likeness (QED) is 0.504. The van der Waals surface area contributed by atoms with Gasteiger partial charge in [0, 0.05) is 18.9 Å². The molecular formula is C24H25F3N2O5.